The number of rotatable bonds is 17. The summed E-state index contributed by atoms with van der Waals surface area (Å²) in [5, 5.41) is 0. The molecule has 0 amide bonds. The maximum atomic E-state index is 11.6. The van der Waals surface area contributed by atoms with Crippen LogP contribution in [-0.2, 0) is 23.1 Å². The molecule has 0 radical (unpaired) electrons. The molecule has 0 aromatic rings. The Balaban J connectivity index is 0.00000729. The van der Waals surface area contributed by atoms with E-state index in [1.807, 2.05) is 0 Å². The smallest absolute Gasteiger partial charge is 0.305 e. The van der Waals surface area contributed by atoms with Gasteiger partial charge in [0, 0.05) is 6.42 Å². The third-order valence-electron chi connectivity index (χ3n) is 4.86. The molecule has 168 valence electrons. The molecule has 4 N–H and O–H groups in total. The number of hydrogen-bond donors (Lipinski definition) is 1. The van der Waals surface area contributed by atoms with Crippen molar-refractivity contribution < 1.29 is 28.0 Å². The number of hydrogen-bond acceptors (Lipinski definition) is 6. The van der Waals surface area contributed by atoms with Crippen LogP contribution in [-0.4, -0.2) is 25.3 Å². The topological polar surface area (TPSA) is 121 Å². The monoisotopic (exact) mass is 423 g/mol. The maximum Gasteiger partial charge on any atom is 0.305 e. The van der Waals surface area contributed by atoms with Crippen molar-refractivity contribution in [2.45, 2.75) is 109 Å². The van der Waals surface area contributed by atoms with Gasteiger partial charge in [-0.05, 0) is 6.42 Å². The lowest BCUT2D eigenvalue weighted by atomic mass is 10.0. The minimum absolute atomic E-state index is 0. The number of phosphoric acid groups is 1. The highest BCUT2D eigenvalue weighted by Gasteiger charge is 2.28. The normalized spacial score (nSPS) is 21.4. The van der Waals surface area contributed by atoms with E-state index < -0.39 is 13.9 Å². The van der Waals surface area contributed by atoms with Gasteiger partial charge >= 0.3 is 5.97 Å². The standard InChI is InChI=1S/C20H39O6P.H3N/c1-2-3-4-5-6-7-8-9-10-11-12-13-14-15-16-20(21)24-17-19-18-25-27(22,23)26-19;/h19H,2-18H2,1H3,(H,22,23);1H3/t19-;/m1./s1. The Morgan fingerprint density at radius 1 is 0.929 bits per heavy atom. The summed E-state index contributed by atoms with van der Waals surface area (Å²) in [7, 11) is -4.15. The SMILES string of the molecule is CCCCCCCCCCCCCCCCC(=O)OC[C@@H]1COP(=O)([O-])O1.[NH4+]. The van der Waals surface area contributed by atoms with Crippen LogP contribution >= 0.6 is 7.82 Å². The van der Waals surface area contributed by atoms with E-state index in [2.05, 4.69) is 16.0 Å². The lowest BCUT2D eigenvalue weighted by molar-refractivity contribution is -0.215. The van der Waals surface area contributed by atoms with Gasteiger partial charge in [-0.25, -0.2) is 0 Å². The molecule has 1 unspecified atom stereocenters. The van der Waals surface area contributed by atoms with Crippen LogP contribution in [0, 0.1) is 0 Å². The summed E-state index contributed by atoms with van der Waals surface area (Å²) >= 11 is 0. The second-order valence-electron chi connectivity index (χ2n) is 7.50. The Kier molecular flexibility index (Phi) is 17.1. The van der Waals surface area contributed by atoms with Gasteiger partial charge in [0.1, 0.15) is 12.7 Å². The summed E-state index contributed by atoms with van der Waals surface area (Å²) in [4.78, 5) is 22.6. The summed E-state index contributed by atoms with van der Waals surface area (Å²) in [5.74, 6) is -0.301. The zero-order chi connectivity index (χ0) is 19.8. The van der Waals surface area contributed by atoms with E-state index in [4.69, 9.17) is 4.74 Å². The van der Waals surface area contributed by atoms with E-state index in [1.165, 1.54) is 70.6 Å². The summed E-state index contributed by atoms with van der Waals surface area (Å²) in [6.45, 7) is 2.11. The van der Waals surface area contributed by atoms with Gasteiger partial charge in [0.05, 0.1) is 6.61 Å². The fourth-order valence-corrected chi connectivity index (χ4v) is 4.11. The predicted molar refractivity (Wildman–Crippen MR) is 110 cm³/mol. The Bertz CT molecular complexity index is 435. The number of quaternary nitrogens is 1. The van der Waals surface area contributed by atoms with Crippen molar-refractivity contribution in [3.8, 4) is 0 Å². The first-order valence-corrected chi connectivity index (χ1v) is 12.3. The summed E-state index contributed by atoms with van der Waals surface area (Å²) in [6, 6.07) is 0. The Labute approximate surface area is 171 Å². The molecule has 8 heteroatoms. The first kappa shape index (κ1) is 27.5. The van der Waals surface area contributed by atoms with E-state index >= 15 is 0 Å². The van der Waals surface area contributed by atoms with Gasteiger partial charge in [-0.3, -0.25) is 9.36 Å². The first-order chi connectivity index (χ1) is 13.0. The van der Waals surface area contributed by atoms with Crippen LogP contribution in [0.5, 0.6) is 0 Å². The van der Waals surface area contributed by atoms with Gasteiger partial charge in [-0.15, -0.1) is 0 Å². The largest absolute Gasteiger partial charge is 0.756 e. The quantitative estimate of drug-likeness (QED) is 0.183. The van der Waals surface area contributed by atoms with Gasteiger partial charge in [0.2, 0.25) is 0 Å². The molecule has 0 aliphatic carbocycles. The van der Waals surface area contributed by atoms with E-state index in [-0.39, 0.29) is 25.3 Å². The minimum Gasteiger partial charge on any atom is -0.756 e. The van der Waals surface area contributed by atoms with E-state index in [0.29, 0.717) is 6.42 Å². The van der Waals surface area contributed by atoms with E-state index in [0.717, 1.165) is 19.3 Å². The molecule has 1 heterocycles. The molecule has 0 bridgehead atoms. The zero-order valence-electron chi connectivity index (χ0n) is 18.0. The van der Waals surface area contributed by atoms with Gasteiger partial charge in [0.25, 0.3) is 7.82 Å². The molecule has 0 aromatic carbocycles. The van der Waals surface area contributed by atoms with Crippen LogP contribution in [0.2, 0.25) is 0 Å². The highest BCUT2D eigenvalue weighted by molar-refractivity contribution is 7.46. The Hall–Kier alpha value is -0.460. The molecule has 1 aliphatic rings. The third kappa shape index (κ3) is 15.5. The number of phosphoric ester groups is 1. The zero-order valence-corrected chi connectivity index (χ0v) is 18.9. The van der Waals surface area contributed by atoms with Crippen molar-refractivity contribution in [3.63, 3.8) is 0 Å². The molecule has 0 saturated carbocycles. The molecule has 0 aromatic heterocycles. The lowest BCUT2D eigenvalue weighted by Gasteiger charge is -2.14. The second-order valence-corrected chi connectivity index (χ2v) is 8.86. The molecule has 1 saturated heterocycles. The molecule has 2 atom stereocenters. The molecular weight excluding hydrogens is 381 g/mol. The first-order valence-electron chi connectivity index (χ1n) is 10.8. The van der Waals surface area contributed by atoms with Crippen molar-refractivity contribution in [2.24, 2.45) is 0 Å². The van der Waals surface area contributed by atoms with Crippen LogP contribution < -0.4 is 11.0 Å². The van der Waals surface area contributed by atoms with Gasteiger partial charge in [-0.2, -0.15) is 0 Å². The van der Waals surface area contributed by atoms with Crippen LogP contribution in [0.15, 0.2) is 0 Å². The average molecular weight is 424 g/mol. The van der Waals surface area contributed by atoms with Crippen LogP contribution in [0.25, 0.3) is 0 Å². The number of ether oxygens (including phenoxy) is 1. The van der Waals surface area contributed by atoms with Crippen LogP contribution in [0.1, 0.15) is 103 Å². The molecular formula is C20H42NO6P. The van der Waals surface area contributed by atoms with Crippen LogP contribution in [0.3, 0.4) is 0 Å². The maximum absolute atomic E-state index is 11.6. The average Bonchev–Trinajstić information content (AvgIpc) is 2.99. The van der Waals surface area contributed by atoms with Crippen molar-refractivity contribution in [3.05, 3.63) is 0 Å². The van der Waals surface area contributed by atoms with Crippen molar-refractivity contribution in [1.82, 2.24) is 6.15 Å². The summed E-state index contributed by atoms with van der Waals surface area (Å²) < 4.78 is 25.1. The third-order valence-corrected chi connectivity index (χ3v) is 5.88. The van der Waals surface area contributed by atoms with Gasteiger partial charge in [-0.1, -0.05) is 90.4 Å². The number of carbonyl (C=O) groups is 1. The Morgan fingerprint density at radius 2 is 1.39 bits per heavy atom. The molecule has 1 rings (SSSR count). The number of esters is 1. The highest BCUT2D eigenvalue weighted by atomic mass is 31.2. The van der Waals surface area contributed by atoms with Gasteiger partial charge in [0.15, 0.2) is 0 Å². The fourth-order valence-electron chi connectivity index (χ4n) is 3.22. The minimum atomic E-state index is -4.15. The molecule has 7 nitrogen and oxygen atoms in total. The lowest BCUT2D eigenvalue weighted by Crippen LogP contribution is -2.20. The summed E-state index contributed by atoms with van der Waals surface area (Å²) in [5.41, 5.74) is 0. The predicted octanol–water partition coefficient (Wildman–Crippen LogP) is 5.66. The summed E-state index contributed by atoms with van der Waals surface area (Å²) in [6.07, 6.45) is 17.5. The van der Waals surface area contributed by atoms with Crippen molar-refractivity contribution >= 4 is 13.8 Å². The number of carbonyl (C=O) groups excluding carboxylic acids is 1. The molecule has 28 heavy (non-hydrogen) atoms. The van der Waals surface area contributed by atoms with E-state index in [9.17, 15) is 14.3 Å². The fraction of sp³-hybridized carbons (Fsp3) is 0.950. The molecule has 1 aliphatic heterocycles. The second kappa shape index (κ2) is 17.4. The molecule has 0 spiro atoms. The van der Waals surface area contributed by atoms with Crippen LogP contribution in [0.4, 0.5) is 0 Å². The van der Waals surface area contributed by atoms with Crippen molar-refractivity contribution in [1.29, 1.82) is 0 Å². The van der Waals surface area contributed by atoms with E-state index in [1.54, 1.807) is 0 Å². The molecule has 1 fully saturated rings. The highest BCUT2D eigenvalue weighted by Crippen LogP contribution is 2.45. The van der Waals surface area contributed by atoms with Gasteiger partial charge < -0.3 is 24.8 Å². The number of unbranched alkanes of at least 4 members (excludes halogenated alkanes) is 13. The van der Waals surface area contributed by atoms with Crippen molar-refractivity contribution in [2.75, 3.05) is 13.2 Å². The Morgan fingerprint density at radius 3 is 1.82 bits per heavy atom.